The third-order valence-corrected chi connectivity index (χ3v) is 25.8. The number of hydrogen-bond acceptors (Lipinski definition) is 14. The van der Waals surface area contributed by atoms with Crippen LogP contribution in [0.15, 0.2) is 474 Å². The Kier molecular flexibility index (Phi) is 21.2. The Morgan fingerprint density at radius 2 is 0.421 bits per heavy atom. The number of hydrogen-bond donors (Lipinski definition) is 0. The van der Waals surface area contributed by atoms with Gasteiger partial charge >= 0.3 is 0 Å². The molecule has 0 N–H and O–H groups in total. The second-order valence-electron chi connectivity index (χ2n) is 34.3. The third-order valence-electron chi connectivity index (χ3n) is 25.8. The molecule has 140 heavy (non-hydrogen) atoms. The topological polar surface area (TPSA) is 190 Å². The summed E-state index contributed by atoms with van der Waals surface area (Å²) in [5.74, 6) is 5.73. The summed E-state index contributed by atoms with van der Waals surface area (Å²) < 4.78 is 4.77. The number of aromatic nitrogens is 16. The van der Waals surface area contributed by atoms with Gasteiger partial charge in [-0.25, -0.2) is 59.8 Å². The molecule has 0 bridgehead atoms. The Hall–Kier alpha value is -19.3. The Morgan fingerprint density at radius 1 is 0.136 bits per heavy atom. The van der Waals surface area contributed by atoms with E-state index < -0.39 is 0 Å². The first-order valence-corrected chi connectivity index (χ1v) is 46.4. The summed E-state index contributed by atoms with van der Waals surface area (Å²) >= 11 is 0. The van der Waals surface area contributed by atoms with Gasteiger partial charge in [0.2, 0.25) is 0 Å². The zero-order chi connectivity index (χ0) is 92.8. The van der Waals surface area contributed by atoms with Gasteiger partial charge in [0.1, 0.15) is 0 Å². The molecule has 16 nitrogen and oxygen atoms in total. The quantitative estimate of drug-likeness (QED) is 0.0700. The highest BCUT2D eigenvalue weighted by Gasteiger charge is 2.29. The van der Waals surface area contributed by atoms with Crippen molar-refractivity contribution in [2.24, 2.45) is 0 Å². The Balaban J connectivity index is 0.714. The minimum Gasteiger partial charge on any atom is -0.309 e. The van der Waals surface area contributed by atoms with E-state index in [1.807, 2.05) is 249 Å². The second-order valence-corrected chi connectivity index (χ2v) is 34.3. The van der Waals surface area contributed by atoms with E-state index in [1.54, 1.807) is 0 Å². The van der Waals surface area contributed by atoms with Gasteiger partial charge in [-0.15, -0.1) is 0 Å². The minimum absolute atomic E-state index is 0.391. The van der Waals surface area contributed by atoms with E-state index in [4.69, 9.17) is 69.8 Å². The molecule has 8 heterocycles. The summed E-state index contributed by atoms with van der Waals surface area (Å²) in [5, 5.41) is 4.29. The van der Waals surface area contributed by atoms with E-state index in [9.17, 15) is 0 Å². The molecule has 0 radical (unpaired) electrons. The highest BCUT2D eigenvalue weighted by atomic mass is 15.1. The average Bonchev–Trinajstić information content (AvgIpc) is 1.57. The van der Waals surface area contributed by atoms with Gasteiger partial charge in [-0.3, -0.25) is 9.97 Å². The van der Waals surface area contributed by atoms with E-state index in [0.29, 0.717) is 81.0 Å². The first-order chi connectivity index (χ1) is 69.4. The van der Waals surface area contributed by atoms with Gasteiger partial charge in [0, 0.05) is 130 Å². The van der Waals surface area contributed by atoms with Crippen LogP contribution in [-0.2, 0) is 0 Å². The van der Waals surface area contributed by atoms with E-state index in [-0.39, 0.29) is 0 Å². The zero-order valence-electron chi connectivity index (χ0n) is 75.2. The van der Waals surface area contributed by atoms with Crippen LogP contribution < -0.4 is 0 Å². The van der Waals surface area contributed by atoms with Crippen LogP contribution in [-0.4, -0.2) is 78.9 Å². The van der Waals surface area contributed by atoms with Crippen molar-refractivity contribution in [3.63, 3.8) is 0 Å². The first-order valence-electron chi connectivity index (χ1n) is 46.4. The highest BCUT2D eigenvalue weighted by Crippen LogP contribution is 2.49. The van der Waals surface area contributed by atoms with Crippen LogP contribution in [0.5, 0.6) is 0 Å². The van der Waals surface area contributed by atoms with Crippen molar-refractivity contribution in [1.29, 1.82) is 0 Å². The normalized spacial score (nSPS) is 11.4. The standard InChI is InChI=1S/C124H78N16/c1-11-34-79(35-12-1)89-58-64-110-104(71-89)98-56-31-32-57-109(98)139(110)94-60-62-99(121-131-113(82-40-17-4-18-41-82)127-114(132-121)83-42-19-5-20-43-83)102(75-94)96-66-68-126-78-108(96)124-137-119(88-52-29-10-30-53-88)130-120(138-124)92-55-33-54-91(70-92)101-73-93(81-38-15-3-16-39-81)74-106-105-72-90(80-36-13-2-14-37-80)59-65-111(105)140(112(101)106)95-61-63-100(122-133-115(84-44-21-6-22-45-84)128-116(134-122)85-46-23-7-24-47-85)103(76-95)97-67-69-125-77-107(97)123-135-117(86-48-25-8-26-49-86)129-118(136-123)87-50-27-9-28-51-87/h1-78H. The number of para-hydroxylation sites is 1. The van der Waals surface area contributed by atoms with Gasteiger partial charge in [-0.1, -0.05) is 352 Å². The van der Waals surface area contributed by atoms with Gasteiger partial charge in [0.05, 0.1) is 22.1 Å². The predicted octanol–water partition coefficient (Wildman–Crippen LogP) is 29.4. The molecule has 0 fully saturated rings. The third kappa shape index (κ3) is 15.7. The summed E-state index contributed by atoms with van der Waals surface area (Å²) in [4.78, 5) is 74.9. The van der Waals surface area contributed by atoms with Gasteiger partial charge in [0.15, 0.2) is 69.9 Å². The van der Waals surface area contributed by atoms with Crippen molar-refractivity contribution in [3.8, 4) is 215 Å². The fourth-order valence-electron chi connectivity index (χ4n) is 19.1. The van der Waals surface area contributed by atoms with E-state index in [2.05, 4.69) is 234 Å². The fraction of sp³-hybridized carbons (Fsp3) is 0. The second kappa shape index (κ2) is 35.9. The van der Waals surface area contributed by atoms with Crippen LogP contribution in [0, 0.1) is 0 Å². The molecule has 0 aliphatic carbocycles. The molecular weight excluding hydrogens is 1710 g/mol. The lowest BCUT2D eigenvalue weighted by Gasteiger charge is -2.18. The maximum absolute atomic E-state index is 5.72. The molecule has 0 atom stereocenters. The number of nitrogens with zero attached hydrogens (tertiary/aromatic N) is 16. The van der Waals surface area contributed by atoms with Crippen molar-refractivity contribution >= 4 is 43.6 Å². The van der Waals surface area contributed by atoms with Crippen LogP contribution in [0.1, 0.15) is 0 Å². The van der Waals surface area contributed by atoms with Crippen molar-refractivity contribution in [2.75, 3.05) is 0 Å². The molecule has 0 aliphatic rings. The first kappa shape index (κ1) is 82.6. The summed E-state index contributed by atoms with van der Waals surface area (Å²) in [6.07, 6.45) is 7.38. The Bertz CT molecular complexity index is 8840. The van der Waals surface area contributed by atoms with E-state index >= 15 is 0 Å². The van der Waals surface area contributed by atoms with Gasteiger partial charge in [-0.2, -0.15) is 0 Å². The van der Waals surface area contributed by atoms with Crippen molar-refractivity contribution in [3.05, 3.63) is 474 Å². The van der Waals surface area contributed by atoms with Gasteiger partial charge in [0.25, 0.3) is 0 Å². The minimum atomic E-state index is 0.391. The molecule has 25 rings (SSSR count). The van der Waals surface area contributed by atoms with Crippen LogP contribution in [0.4, 0.5) is 0 Å². The van der Waals surface area contributed by atoms with Crippen molar-refractivity contribution in [2.45, 2.75) is 0 Å². The molecule has 0 amide bonds. The molecule has 8 aromatic heterocycles. The molecule has 17 aromatic carbocycles. The van der Waals surface area contributed by atoms with Crippen LogP contribution in [0.25, 0.3) is 258 Å². The lowest BCUT2D eigenvalue weighted by molar-refractivity contribution is 1.07. The summed E-state index contributed by atoms with van der Waals surface area (Å²) in [7, 11) is 0. The predicted molar refractivity (Wildman–Crippen MR) is 562 cm³/mol. The van der Waals surface area contributed by atoms with Gasteiger partial charge < -0.3 is 9.13 Å². The van der Waals surface area contributed by atoms with Crippen LogP contribution in [0.3, 0.4) is 0 Å². The molecule has 654 valence electrons. The lowest BCUT2D eigenvalue weighted by Crippen LogP contribution is -2.04. The van der Waals surface area contributed by atoms with E-state index in [1.165, 1.54) is 0 Å². The fourth-order valence-corrected chi connectivity index (χ4v) is 19.1. The maximum atomic E-state index is 5.72. The largest absolute Gasteiger partial charge is 0.309 e. The summed E-state index contributed by atoms with van der Waals surface area (Å²) in [6, 6.07) is 155. The number of benzene rings is 17. The van der Waals surface area contributed by atoms with Crippen LogP contribution in [0.2, 0.25) is 0 Å². The number of pyridine rings is 2. The molecule has 0 aliphatic heterocycles. The van der Waals surface area contributed by atoms with Crippen molar-refractivity contribution < 1.29 is 0 Å². The molecule has 0 unspecified atom stereocenters. The maximum Gasteiger partial charge on any atom is 0.166 e. The SMILES string of the molecule is c1ccc(-c2ccc3c(c2)c2ccccc2n3-c2ccc(-c3nc(-c4ccccc4)nc(-c4ccccc4)n3)c(-c3ccncc3-c3nc(-c4ccccc4)nc(-c4cccc(-c5cc(-c6ccccc6)cc6c7cc(-c8ccccc8)ccc7n(-c7ccc(-c8nc(-c9ccccc9)nc(-c9ccccc9)n8)c(-c8ccncc8-c8nc(-c9ccccc9)nc(-c9ccccc9)n8)c7)c56)c4)n3)c2)cc1. The Morgan fingerprint density at radius 3 is 0.807 bits per heavy atom. The lowest BCUT2D eigenvalue weighted by atomic mass is 9.93. The average molecular weight is 1790 g/mol. The van der Waals surface area contributed by atoms with Crippen molar-refractivity contribution in [1.82, 2.24) is 78.9 Å². The summed E-state index contributed by atoms with van der Waals surface area (Å²) in [5.41, 5.74) is 26.5. The summed E-state index contributed by atoms with van der Waals surface area (Å²) in [6.45, 7) is 0. The molecule has 0 saturated heterocycles. The van der Waals surface area contributed by atoms with Crippen LogP contribution >= 0.6 is 0 Å². The van der Waals surface area contributed by atoms with E-state index in [0.717, 1.165) is 177 Å². The Labute approximate surface area is 805 Å². The number of rotatable bonds is 20. The molecule has 0 saturated carbocycles. The molecule has 16 heteroatoms. The highest BCUT2D eigenvalue weighted by molar-refractivity contribution is 6.17. The monoisotopic (exact) mass is 1790 g/mol. The molecule has 25 aromatic rings. The van der Waals surface area contributed by atoms with Gasteiger partial charge in [-0.05, 0) is 158 Å². The molecular formula is C124H78N16. The smallest absolute Gasteiger partial charge is 0.166 e. The zero-order valence-corrected chi connectivity index (χ0v) is 75.2. The molecule has 0 spiro atoms. The number of fused-ring (bicyclic) bond motifs is 6.